The molecule has 0 bridgehead atoms. The van der Waals surface area contributed by atoms with Crippen molar-refractivity contribution in [3.8, 4) is 0 Å². The fourth-order valence-electron chi connectivity index (χ4n) is 2.67. The van der Waals surface area contributed by atoms with Crippen LogP contribution < -0.4 is 0 Å². The molecule has 1 aromatic carbocycles. The number of nitrogens with zero attached hydrogens (tertiary/aromatic N) is 3. The first-order valence-corrected chi connectivity index (χ1v) is 8.90. The maximum atomic E-state index is 12.9. The number of amides is 1. The summed E-state index contributed by atoms with van der Waals surface area (Å²) < 4.78 is 5.81. The molecule has 0 saturated carbocycles. The molecular formula is C18H19Cl2N3O2. The zero-order valence-electron chi connectivity index (χ0n) is 14.1. The highest BCUT2D eigenvalue weighted by atomic mass is 35.5. The van der Waals surface area contributed by atoms with Crippen molar-refractivity contribution in [2.45, 2.75) is 25.9 Å². The van der Waals surface area contributed by atoms with Crippen LogP contribution in [-0.2, 0) is 4.74 Å². The summed E-state index contributed by atoms with van der Waals surface area (Å²) in [5.41, 5.74) is 1.23. The first-order chi connectivity index (χ1) is 12.0. The van der Waals surface area contributed by atoms with Gasteiger partial charge in [-0.05, 0) is 17.7 Å². The molecule has 3 rings (SSSR count). The molecule has 1 atom stereocenters. The standard InChI is InChI=1S/C18H19Cl2N3O2/c1-11(2)17-21-9-14(20)16(22-17)18(24)23-7-8-25-15(10-23)12-3-5-13(19)6-4-12/h3-6,9,11,15H,7-8,10H2,1-2H3. The van der Waals surface area contributed by atoms with Gasteiger partial charge in [-0.15, -0.1) is 0 Å². The molecule has 1 aliphatic heterocycles. The Labute approximate surface area is 156 Å². The largest absolute Gasteiger partial charge is 0.370 e. The number of ether oxygens (including phenoxy) is 1. The molecule has 2 heterocycles. The van der Waals surface area contributed by atoms with E-state index < -0.39 is 0 Å². The van der Waals surface area contributed by atoms with E-state index >= 15 is 0 Å². The molecule has 0 N–H and O–H groups in total. The van der Waals surface area contributed by atoms with Gasteiger partial charge in [-0.25, -0.2) is 9.97 Å². The van der Waals surface area contributed by atoms with Gasteiger partial charge >= 0.3 is 0 Å². The zero-order chi connectivity index (χ0) is 18.0. The minimum absolute atomic E-state index is 0.121. The summed E-state index contributed by atoms with van der Waals surface area (Å²) in [6, 6.07) is 7.46. The lowest BCUT2D eigenvalue weighted by atomic mass is 10.1. The number of halogens is 2. The zero-order valence-corrected chi connectivity index (χ0v) is 15.6. The second kappa shape index (κ2) is 7.68. The molecule has 7 heteroatoms. The Bertz CT molecular complexity index is 765. The lowest BCUT2D eigenvalue weighted by Crippen LogP contribution is -2.42. The minimum atomic E-state index is -0.198. The normalized spacial score (nSPS) is 17.8. The maximum absolute atomic E-state index is 12.9. The molecule has 1 unspecified atom stereocenters. The number of morpholine rings is 1. The van der Waals surface area contributed by atoms with Crippen molar-refractivity contribution in [3.05, 3.63) is 57.6 Å². The third-order valence-corrected chi connectivity index (χ3v) is 4.61. The Morgan fingerprint density at radius 3 is 2.68 bits per heavy atom. The average molecular weight is 380 g/mol. The molecule has 2 aromatic rings. The van der Waals surface area contributed by atoms with Crippen LogP contribution in [-0.4, -0.2) is 40.5 Å². The maximum Gasteiger partial charge on any atom is 0.274 e. The molecule has 0 spiro atoms. The Morgan fingerprint density at radius 1 is 1.28 bits per heavy atom. The second-order valence-electron chi connectivity index (χ2n) is 6.24. The minimum Gasteiger partial charge on any atom is -0.370 e. The summed E-state index contributed by atoms with van der Waals surface area (Å²) in [6.45, 7) is 5.35. The van der Waals surface area contributed by atoms with Crippen molar-refractivity contribution in [1.29, 1.82) is 0 Å². The smallest absolute Gasteiger partial charge is 0.274 e. The quantitative estimate of drug-likeness (QED) is 0.804. The summed E-state index contributed by atoms with van der Waals surface area (Å²) in [4.78, 5) is 23.2. The van der Waals surface area contributed by atoms with E-state index in [0.717, 1.165) is 5.56 Å². The van der Waals surface area contributed by atoms with Crippen LogP contribution in [0.15, 0.2) is 30.5 Å². The fourth-order valence-corrected chi connectivity index (χ4v) is 2.97. The molecule has 1 fully saturated rings. The molecule has 1 aromatic heterocycles. The number of carbonyl (C=O) groups is 1. The van der Waals surface area contributed by atoms with Crippen LogP contribution >= 0.6 is 23.2 Å². The van der Waals surface area contributed by atoms with Gasteiger partial charge < -0.3 is 9.64 Å². The van der Waals surface area contributed by atoms with E-state index in [2.05, 4.69) is 9.97 Å². The number of benzene rings is 1. The van der Waals surface area contributed by atoms with E-state index in [4.69, 9.17) is 27.9 Å². The third kappa shape index (κ3) is 4.11. The van der Waals surface area contributed by atoms with Gasteiger partial charge in [0.25, 0.3) is 5.91 Å². The van der Waals surface area contributed by atoms with E-state index in [1.807, 2.05) is 38.1 Å². The molecular weight excluding hydrogens is 361 g/mol. The first-order valence-electron chi connectivity index (χ1n) is 8.14. The number of carbonyl (C=O) groups excluding carboxylic acids is 1. The van der Waals surface area contributed by atoms with Crippen LogP contribution in [0.25, 0.3) is 0 Å². The van der Waals surface area contributed by atoms with Gasteiger partial charge in [-0.2, -0.15) is 0 Å². The van der Waals surface area contributed by atoms with Crippen LogP contribution in [0.1, 0.15) is 47.7 Å². The van der Waals surface area contributed by atoms with Crippen LogP contribution in [0.3, 0.4) is 0 Å². The summed E-state index contributed by atoms with van der Waals surface area (Å²) in [5.74, 6) is 0.530. The Balaban J connectivity index is 1.80. The van der Waals surface area contributed by atoms with Gasteiger partial charge in [-0.3, -0.25) is 4.79 Å². The third-order valence-electron chi connectivity index (χ3n) is 4.08. The predicted molar refractivity (Wildman–Crippen MR) is 97.2 cm³/mol. The van der Waals surface area contributed by atoms with E-state index in [0.29, 0.717) is 30.5 Å². The Hall–Kier alpha value is -1.69. The van der Waals surface area contributed by atoms with Crippen molar-refractivity contribution < 1.29 is 9.53 Å². The van der Waals surface area contributed by atoms with Gasteiger partial charge in [0.1, 0.15) is 11.9 Å². The van der Waals surface area contributed by atoms with Crippen LogP contribution in [0.5, 0.6) is 0 Å². The van der Waals surface area contributed by atoms with Crippen molar-refractivity contribution in [3.63, 3.8) is 0 Å². The number of aromatic nitrogens is 2. The Kier molecular flexibility index (Phi) is 5.57. The lowest BCUT2D eigenvalue weighted by molar-refractivity contribution is -0.0230. The second-order valence-corrected chi connectivity index (χ2v) is 7.09. The van der Waals surface area contributed by atoms with E-state index in [-0.39, 0.29) is 28.6 Å². The highest BCUT2D eigenvalue weighted by Gasteiger charge is 2.28. The highest BCUT2D eigenvalue weighted by Crippen LogP contribution is 2.26. The summed E-state index contributed by atoms with van der Waals surface area (Å²) in [6.07, 6.45) is 1.30. The number of rotatable bonds is 3. The van der Waals surface area contributed by atoms with Crippen molar-refractivity contribution in [2.75, 3.05) is 19.7 Å². The first kappa shape index (κ1) is 18.1. The molecule has 25 heavy (non-hydrogen) atoms. The predicted octanol–water partition coefficient (Wildman–Crippen LogP) is 4.12. The molecule has 1 saturated heterocycles. The van der Waals surface area contributed by atoms with Crippen molar-refractivity contribution in [2.24, 2.45) is 0 Å². The summed E-state index contributed by atoms with van der Waals surface area (Å²) >= 11 is 12.1. The molecule has 132 valence electrons. The van der Waals surface area contributed by atoms with Gasteiger partial charge in [0.05, 0.1) is 24.4 Å². The SMILES string of the molecule is CC(C)c1ncc(Cl)c(C(=O)N2CCOC(c3ccc(Cl)cc3)C2)n1. The van der Waals surface area contributed by atoms with Gasteiger partial charge in [0, 0.05) is 17.5 Å². The van der Waals surface area contributed by atoms with Crippen LogP contribution in [0, 0.1) is 0 Å². The summed E-state index contributed by atoms with van der Waals surface area (Å²) in [5, 5.41) is 0.936. The average Bonchev–Trinajstić information content (AvgIpc) is 2.62. The molecule has 5 nitrogen and oxygen atoms in total. The fraction of sp³-hybridized carbons (Fsp3) is 0.389. The molecule has 0 radical (unpaired) electrons. The van der Waals surface area contributed by atoms with Crippen LogP contribution in [0.2, 0.25) is 10.0 Å². The molecule has 1 amide bonds. The van der Waals surface area contributed by atoms with E-state index in [1.165, 1.54) is 6.20 Å². The Morgan fingerprint density at radius 2 is 2.00 bits per heavy atom. The highest BCUT2D eigenvalue weighted by molar-refractivity contribution is 6.33. The van der Waals surface area contributed by atoms with Crippen molar-refractivity contribution in [1.82, 2.24) is 14.9 Å². The van der Waals surface area contributed by atoms with Gasteiger partial charge in [0.2, 0.25) is 0 Å². The molecule has 0 aliphatic carbocycles. The van der Waals surface area contributed by atoms with Gasteiger partial charge in [0.15, 0.2) is 5.69 Å². The van der Waals surface area contributed by atoms with E-state index in [1.54, 1.807) is 4.90 Å². The number of hydrogen-bond acceptors (Lipinski definition) is 4. The van der Waals surface area contributed by atoms with Crippen molar-refractivity contribution >= 4 is 29.1 Å². The topological polar surface area (TPSA) is 55.3 Å². The monoisotopic (exact) mass is 379 g/mol. The lowest BCUT2D eigenvalue weighted by Gasteiger charge is -2.33. The number of hydrogen-bond donors (Lipinski definition) is 0. The molecule has 1 aliphatic rings. The van der Waals surface area contributed by atoms with Gasteiger partial charge in [-0.1, -0.05) is 49.2 Å². The van der Waals surface area contributed by atoms with Crippen LogP contribution in [0.4, 0.5) is 0 Å². The summed E-state index contributed by atoms with van der Waals surface area (Å²) in [7, 11) is 0. The van der Waals surface area contributed by atoms with E-state index in [9.17, 15) is 4.79 Å².